The second kappa shape index (κ2) is 4.92. The van der Waals surface area contributed by atoms with Crippen LogP contribution in [0.2, 0.25) is 0 Å². The Balaban J connectivity index is 1.96. The maximum Gasteiger partial charge on any atom is 0.231 e. The predicted molar refractivity (Wildman–Crippen MR) is 60.2 cm³/mol. The first-order valence-electron chi connectivity index (χ1n) is 5.18. The van der Waals surface area contributed by atoms with E-state index in [4.69, 9.17) is 25.2 Å². The van der Waals surface area contributed by atoms with E-state index < -0.39 is 6.10 Å². The van der Waals surface area contributed by atoms with Crippen molar-refractivity contribution in [3.63, 3.8) is 0 Å². The molecule has 1 aliphatic heterocycles. The molecule has 0 bridgehead atoms. The Hall–Kier alpha value is -1.95. The van der Waals surface area contributed by atoms with E-state index >= 15 is 0 Å². The van der Waals surface area contributed by atoms with Gasteiger partial charge in [-0.25, -0.2) is 0 Å². The van der Waals surface area contributed by atoms with Gasteiger partial charge in [0, 0.05) is 0 Å². The molecule has 0 amide bonds. The topological polar surface area (TPSA) is 86.3 Å². The third-order valence-corrected chi connectivity index (χ3v) is 2.47. The molecule has 2 rings (SSSR count). The Labute approximate surface area is 98.6 Å². The second-order valence-corrected chi connectivity index (χ2v) is 3.67. The number of amidine groups is 1. The van der Waals surface area contributed by atoms with E-state index in [0.29, 0.717) is 12.4 Å². The molecule has 0 spiro atoms. The zero-order valence-corrected chi connectivity index (χ0v) is 9.42. The van der Waals surface area contributed by atoms with Crippen molar-refractivity contribution < 1.29 is 19.4 Å². The SMILES string of the molecule is CC(OCc1ccc2c(c1)OCO2)C(N)=NO. The standard InChI is InChI=1S/C11H14N2O4/c1-7(11(12)13-14)15-5-8-2-3-9-10(4-8)17-6-16-9/h2-4,7,14H,5-6H2,1H3,(H2,12,13). The molecule has 92 valence electrons. The molecule has 3 N–H and O–H groups in total. The van der Waals surface area contributed by atoms with E-state index in [9.17, 15) is 0 Å². The van der Waals surface area contributed by atoms with Crippen molar-refractivity contribution in [3.05, 3.63) is 23.8 Å². The molecular formula is C11H14N2O4. The van der Waals surface area contributed by atoms with Gasteiger partial charge in [0.1, 0.15) is 6.10 Å². The molecule has 6 heteroatoms. The van der Waals surface area contributed by atoms with Crippen molar-refractivity contribution in [2.45, 2.75) is 19.6 Å². The van der Waals surface area contributed by atoms with Gasteiger partial charge in [-0.05, 0) is 24.6 Å². The number of ether oxygens (including phenoxy) is 3. The van der Waals surface area contributed by atoms with Crippen LogP contribution in [-0.4, -0.2) is 23.9 Å². The highest BCUT2D eigenvalue weighted by atomic mass is 16.7. The van der Waals surface area contributed by atoms with Crippen LogP contribution in [-0.2, 0) is 11.3 Å². The average Bonchev–Trinajstić information content (AvgIpc) is 2.82. The third kappa shape index (κ3) is 2.59. The van der Waals surface area contributed by atoms with Crippen molar-refractivity contribution >= 4 is 5.84 Å². The molecule has 0 saturated heterocycles. The number of fused-ring (bicyclic) bond motifs is 1. The van der Waals surface area contributed by atoms with Crippen molar-refractivity contribution in [2.75, 3.05) is 6.79 Å². The molecule has 0 aromatic heterocycles. The minimum absolute atomic E-state index is 0.0470. The highest BCUT2D eigenvalue weighted by molar-refractivity contribution is 5.83. The fourth-order valence-corrected chi connectivity index (χ4v) is 1.42. The van der Waals surface area contributed by atoms with Gasteiger partial charge in [-0.2, -0.15) is 0 Å². The van der Waals surface area contributed by atoms with Crippen LogP contribution >= 0.6 is 0 Å². The zero-order chi connectivity index (χ0) is 12.3. The zero-order valence-electron chi connectivity index (χ0n) is 9.42. The second-order valence-electron chi connectivity index (χ2n) is 3.67. The first-order chi connectivity index (χ1) is 8.20. The molecule has 1 unspecified atom stereocenters. The van der Waals surface area contributed by atoms with E-state index in [1.165, 1.54) is 0 Å². The summed E-state index contributed by atoms with van der Waals surface area (Å²) in [4.78, 5) is 0. The Kier molecular flexibility index (Phi) is 3.34. The molecule has 0 fully saturated rings. The minimum atomic E-state index is -0.439. The summed E-state index contributed by atoms with van der Waals surface area (Å²) in [5, 5.41) is 11.4. The maximum atomic E-state index is 8.48. The lowest BCUT2D eigenvalue weighted by Gasteiger charge is -2.11. The highest BCUT2D eigenvalue weighted by Crippen LogP contribution is 2.32. The van der Waals surface area contributed by atoms with Gasteiger partial charge < -0.3 is 25.2 Å². The molecule has 0 aliphatic carbocycles. The lowest BCUT2D eigenvalue weighted by molar-refractivity contribution is 0.0926. The Bertz CT molecular complexity index is 433. The molecule has 1 aliphatic rings. The van der Waals surface area contributed by atoms with E-state index in [1.54, 1.807) is 6.92 Å². The van der Waals surface area contributed by atoms with E-state index in [-0.39, 0.29) is 12.6 Å². The fourth-order valence-electron chi connectivity index (χ4n) is 1.42. The summed E-state index contributed by atoms with van der Waals surface area (Å²) in [5.41, 5.74) is 6.34. The summed E-state index contributed by atoms with van der Waals surface area (Å²) in [7, 11) is 0. The van der Waals surface area contributed by atoms with Gasteiger partial charge >= 0.3 is 0 Å². The molecule has 0 radical (unpaired) electrons. The quantitative estimate of drug-likeness (QED) is 0.354. The molecule has 17 heavy (non-hydrogen) atoms. The Morgan fingerprint density at radius 2 is 2.29 bits per heavy atom. The summed E-state index contributed by atoms with van der Waals surface area (Å²) in [6.45, 7) is 2.32. The van der Waals surface area contributed by atoms with Crippen LogP contribution in [0.15, 0.2) is 23.4 Å². The summed E-state index contributed by atoms with van der Waals surface area (Å²) in [6.07, 6.45) is -0.439. The van der Waals surface area contributed by atoms with Crippen molar-refractivity contribution in [1.29, 1.82) is 0 Å². The van der Waals surface area contributed by atoms with E-state index in [1.807, 2.05) is 18.2 Å². The van der Waals surface area contributed by atoms with Crippen LogP contribution in [0.3, 0.4) is 0 Å². The summed E-state index contributed by atoms with van der Waals surface area (Å²) < 4.78 is 15.9. The highest BCUT2D eigenvalue weighted by Gasteiger charge is 2.14. The smallest absolute Gasteiger partial charge is 0.231 e. The summed E-state index contributed by atoms with van der Waals surface area (Å²) >= 11 is 0. The van der Waals surface area contributed by atoms with Crippen molar-refractivity contribution in [3.8, 4) is 11.5 Å². The molecule has 6 nitrogen and oxygen atoms in total. The number of rotatable bonds is 4. The first-order valence-corrected chi connectivity index (χ1v) is 5.18. The molecular weight excluding hydrogens is 224 g/mol. The number of hydrogen-bond acceptors (Lipinski definition) is 5. The van der Waals surface area contributed by atoms with Crippen molar-refractivity contribution in [2.24, 2.45) is 10.9 Å². The molecule has 1 atom stereocenters. The number of nitrogens with two attached hydrogens (primary N) is 1. The summed E-state index contributed by atoms with van der Waals surface area (Å²) in [6, 6.07) is 5.56. The van der Waals surface area contributed by atoms with Gasteiger partial charge in [0.15, 0.2) is 17.3 Å². The lowest BCUT2D eigenvalue weighted by atomic mass is 10.2. The minimum Gasteiger partial charge on any atom is -0.454 e. The lowest BCUT2D eigenvalue weighted by Crippen LogP contribution is -2.28. The van der Waals surface area contributed by atoms with Crippen LogP contribution in [0.25, 0.3) is 0 Å². The molecule has 1 aromatic carbocycles. The monoisotopic (exact) mass is 238 g/mol. The molecule has 1 heterocycles. The van der Waals surface area contributed by atoms with E-state index in [0.717, 1.165) is 11.3 Å². The van der Waals surface area contributed by atoms with Crippen molar-refractivity contribution in [1.82, 2.24) is 0 Å². The predicted octanol–water partition coefficient (Wildman–Crippen LogP) is 1.07. The van der Waals surface area contributed by atoms with Gasteiger partial charge in [0.2, 0.25) is 6.79 Å². The largest absolute Gasteiger partial charge is 0.454 e. The first kappa shape index (κ1) is 11.5. The van der Waals surface area contributed by atoms with Gasteiger partial charge in [0.25, 0.3) is 0 Å². The molecule has 0 saturated carbocycles. The van der Waals surface area contributed by atoms with Gasteiger partial charge in [-0.3, -0.25) is 0 Å². The van der Waals surface area contributed by atoms with Gasteiger partial charge in [0.05, 0.1) is 6.61 Å². The number of nitrogens with zero attached hydrogens (tertiary/aromatic N) is 1. The van der Waals surface area contributed by atoms with Crippen LogP contribution in [0.1, 0.15) is 12.5 Å². The Morgan fingerprint density at radius 3 is 3.06 bits per heavy atom. The van der Waals surface area contributed by atoms with Gasteiger partial charge in [-0.15, -0.1) is 0 Å². The maximum absolute atomic E-state index is 8.48. The number of oxime groups is 1. The fraction of sp³-hybridized carbons (Fsp3) is 0.364. The number of benzene rings is 1. The van der Waals surface area contributed by atoms with Crippen LogP contribution in [0.5, 0.6) is 11.5 Å². The molecule has 1 aromatic rings. The normalized spacial score (nSPS) is 15.9. The van der Waals surface area contributed by atoms with Crippen LogP contribution in [0.4, 0.5) is 0 Å². The van der Waals surface area contributed by atoms with Crippen LogP contribution in [0, 0.1) is 0 Å². The van der Waals surface area contributed by atoms with Crippen LogP contribution < -0.4 is 15.2 Å². The summed E-state index contributed by atoms with van der Waals surface area (Å²) in [5.74, 6) is 1.49. The third-order valence-electron chi connectivity index (χ3n) is 2.47. The van der Waals surface area contributed by atoms with Gasteiger partial charge in [-0.1, -0.05) is 11.2 Å². The van der Waals surface area contributed by atoms with E-state index in [2.05, 4.69) is 5.16 Å². The average molecular weight is 238 g/mol. The Morgan fingerprint density at radius 1 is 1.53 bits per heavy atom. The number of hydrogen-bond donors (Lipinski definition) is 2.